The van der Waals surface area contributed by atoms with Crippen molar-refractivity contribution < 1.29 is 14.3 Å². The first kappa shape index (κ1) is 14.9. The monoisotopic (exact) mass is 277 g/mol. The molecule has 0 radical (unpaired) electrons. The predicted octanol–water partition coefficient (Wildman–Crippen LogP) is 2.60. The van der Waals surface area contributed by atoms with E-state index in [1.807, 2.05) is 26.0 Å². The summed E-state index contributed by atoms with van der Waals surface area (Å²) >= 11 is 0. The van der Waals surface area contributed by atoms with Crippen molar-refractivity contribution in [3.05, 3.63) is 29.3 Å². The van der Waals surface area contributed by atoms with Gasteiger partial charge in [-0.05, 0) is 29.0 Å². The van der Waals surface area contributed by atoms with Crippen LogP contribution in [0.3, 0.4) is 0 Å². The third-order valence-electron chi connectivity index (χ3n) is 3.76. The van der Waals surface area contributed by atoms with Crippen LogP contribution in [0.1, 0.15) is 43.9 Å². The Hall–Kier alpha value is -1.55. The summed E-state index contributed by atoms with van der Waals surface area (Å²) < 4.78 is 10.2. The van der Waals surface area contributed by atoms with E-state index in [0.29, 0.717) is 6.42 Å². The molecule has 1 aromatic rings. The lowest BCUT2D eigenvalue weighted by molar-refractivity contribution is -0.143. The Labute approximate surface area is 120 Å². The molecule has 0 saturated heterocycles. The van der Waals surface area contributed by atoms with E-state index in [9.17, 15) is 4.79 Å². The van der Waals surface area contributed by atoms with Crippen molar-refractivity contribution in [1.29, 1.82) is 0 Å². The van der Waals surface area contributed by atoms with E-state index in [-0.39, 0.29) is 17.4 Å². The number of hydrogen-bond acceptors (Lipinski definition) is 4. The van der Waals surface area contributed by atoms with Gasteiger partial charge in [-0.25, -0.2) is 0 Å². The number of rotatable bonds is 5. The van der Waals surface area contributed by atoms with Gasteiger partial charge in [0.15, 0.2) is 0 Å². The number of methoxy groups -OCH3 is 1. The van der Waals surface area contributed by atoms with Gasteiger partial charge in [0.05, 0.1) is 20.1 Å². The third kappa shape index (κ3) is 3.51. The quantitative estimate of drug-likeness (QED) is 0.840. The summed E-state index contributed by atoms with van der Waals surface area (Å²) in [6.45, 7) is 4.84. The second-order valence-electron chi connectivity index (χ2n) is 6.19. The van der Waals surface area contributed by atoms with Crippen molar-refractivity contribution in [2.75, 3.05) is 13.7 Å². The Morgan fingerprint density at radius 1 is 1.50 bits per heavy atom. The molecule has 2 N–H and O–H groups in total. The Balaban J connectivity index is 2.04. The number of fused-ring (bicyclic) bond motifs is 1. The molecule has 20 heavy (non-hydrogen) atoms. The number of nitrogens with two attached hydrogens (primary N) is 1. The molecule has 0 bridgehead atoms. The molecule has 0 aromatic heterocycles. The highest BCUT2D eigenvalue weighted by molar-refractivity contribution is 5.69. The minimum absolute atomic E-state index is 0.0828. The van der Waals surface area contributed by atoms with Gasteiger partial charge in [0.25, 0.3) is 0 Å². The second kappa shape index (κ2) is 5.83. The molecule has 1 aliphatic heterocycles. The van der Waals surface area contributed by atoms with Gasteiger partial charge in [-0.1, -0.05) is 26.0 Å². The van der Waals surface area contributed by atoms with E-state index in [4.69, 9.17) is 15.2 Å². The summed E-state index contributed by atoms with van der Waals surface area (Å²) in [5.74, 6) is 0.777. The van der Waals surface area contributed by atoms with Crippen LogP contribution in [0.25, 0.3) is 0 Å². The Kier molecular flexibility index (Phi) is 4.33. The van der Waals surface area contributed by atoms with Gasteiger partial charge in [-0.3, -0.25) is 4.79 Å². The van der Waals surface area contributed by atoms with Crippen molar-refractivity contribution in [1.82, 2.24) is 0 Å². The number of esters is 1. The topological polar surface area (TPSA) is 61.5 Å². The molecule has 0 aliphatic carbocycles. The van der Waals surface area contributed by atoms with Crippen LogP contribution in [0, 0.1) is 5.41 Å². The number of ether oxygens (including phenoxy) is 2. The maximum Gasteiger partial charge on any atom is 0.306 e. The van der Waals surface area contributed by atoms with Crippen LogP contribution in [0.15, 0.2) is 18.2 Å². The maximum atomic E-state index is 11.4. The summed E-state index contributed by atoms with van der Waals surface area (Å²) in [6.07, 6.45) is 2.06. The lowest BCUT2D eigenvalue weighted by atomic mass is 9.81. The zero-order chi connectivity index (χ0) is 14.8. The average molecular weight is 277 g/mol. The summed E-state index contributed by atoms with van der Waals surface area (Å²) in [7, 11) is 1.42. The van der Waals surface area contributed by atoms with Gasteiger partial charge in [-0.2, -0.15) is 0 Å². The first-order valence-electron chi connectivity index (χ1n) is 6.99. The van der Waals surface area contributed by atoms with Crippen LogP contribution in [0.4, 0.5) is 0 Å². The molecular formula is C16H23NO3. The Morgan fingerprint density at radius 3 is 2.95 bits per heavy atom. The van der Waals surface area contributed by atoms with Crippen molar-refractivity contribution in [3.8, 4) is 5.75 Å². The van der Waals surface area contributed by atoms with Crippen LogP contribution < -0.4 is 10.5 Å². The summed E-state index contributed by atoms with van der Waals surface area (Å²) in [5.41, 5.74) is 8.45. The van der Waals surface area contributed by atoms with Gasteiger partial charge in [0.1, 0.15) is 5.75 Å². The summed E-state index contributed by atoms with van der Waals surface area (Å²) in [6, 6.07) is 6.05. The van der Waals surface area contributed by atoms with Crippen molar-refractivity contribution >= 4 is 5.97 Å². The summed E-state index contributed by atoms with van der Waals surface area (Å²) in [4.78, 5) is 11.4. The second-order valence-corrected chi connectivity index (χ2v) is 6.19. The fourth-order valence-corrected chi connectivity index (χ4v) is 2.69. The molecule has 1 aliphatic rings. The lowest BCUT2D eigenvalue weighted by Crippen LogP contribution is -2.24. The van der Waals surface area contributed by atoms with E-state index >= 15 is 0 Å². The van der Waals surface area contributed by atoms with Crippen LogP contribution >= 0.6 is 0 Å². The molecule has 4 heteroatoms. The van der Waals surface area contributed by atoms with Crippen LogP contribution in [0.2, 0.25) is 0 Å². The highest BCUT2D eigenvalue weighted by Gasteiger charge is 2.26. The Bertz CT molecular complexity index is 496. The average Bonchev–Trinajstić information content (AvgIpc) is 2.84. The van der Waals surface area contributed by atoms with Crippen molar-refractivity contribution in [2.24, 2.45) is 11.1 Å². The SMILES string of the molecule is COC(=O)CC(C)(C)CC(N)c1ccc2c(c1)CCO2. The van der Waals surface area contributed by atoms with E-state index in [2.05, 4.69) is 6.07 Å². The number of hydrogen-bond donors (Lipinski definition) is 1. The van der Waals surface area contributed by atoms with E-state index in [1.165, 1.54) is 12.7 Å². The van der Waals surface area contributed by atoms with Crippen LogP contribution in [-0.4, -0.2) is 19.7 Å². The van der Waals surface area contributed by atoms with E-state index in [0.717, 1.165) is 30.8 Å². The molecule has 1 atom stereocenters. The Morgan fingerprint density at radius 2 is 2.25 bits per heavy atom. The van der Waals surface area contributed by atoms with Crippen LogP contribution in [-0.2, 0) is 16.0 Å². The van der Waals surface area contributed by atoms with Gasteiger partial charge >= 0.3 is 5.97 Å². The van der Waals surface area contributed by atoms with Gasteiger partial charge in [-0.15, -0.1) is 0 Å². The molecule has 0 saturated carbocycles. The van der Waals surface area contributed by atoms with Gasteiger partial charge in [0.2, 0.25) is 0 Å². The standard InChI is InChI=1S/C16H23NO3/c1-16(2,10-15(18)19-3)9-13(17)11-4-5-14-12(8-11)6-7-20-14/h4-5,8,13H,6-7,9-10,17H2,1-3H3. The molecule has 0 spiro atoms. The molecule has 1 unspecified atom stereocenters. The zero-order valence-corrected chi connectivity index (χ0v) is 12.4. The van der Waals surface area contributed by atoms with Gasteiger partial charge in [0, 0.05) is 12.5 Å². The largest absolute Gasteiger partial charge is 0.493 e. The first-order chi connectivity index (χ1) is 9.41. The maximum absolute atomic E-state index is 11.4. The minimum atomic E-state index is -0.190. The summed E-state index contributed by atoms with van der Waals surface area (Å²) in [5, 5.41) is 0. The molecule has 4 nitrogen and oxygen atoms in total. The van der Waals surface area contributed by atoms with E-state index in [1.54, 1.807) is 0 Å². The molecule has 1 heterocycles. The molecule has 0 fully saturated rings. The fraction of sp³-hybridized carbons (Fsp3) is 0.562. The smallest absolute Gasteiger partial charge is 0.306 e. The minimum Gasteiger partial charge on any atom is -0.493 e. The lowest BCUT2D eigenvalue weighted by Gasteiger charge is -2.27. The van der Waals surface area contributed by atoms with Crippen molar-refractivity contribution in [3.63, 3.8) is 0 Å². The fourth-order valence-electron chi connectivity index (χ4n) is 2.69. The highest BCUT2D eigenvalue weighted by atomic mass is 16.5. The number of carbonyl (C=O) groups is 1. The van der Waals surface area contributed by atoms with E-state index < -0.39 is 0 Å². The number of carbonyl (C=O) groups excluding carboxylic acids is 1. The third-order valence-corrected chi connectivity index (χ3v) is 3.76. The molecule has 0 amide bonds. The first-order valence-corrected chi connectivity index (χ1v) is 6.99. The number of benzene rings is 1. The van der Waals surface area contributed by atoms with Gasteiger partial charge < -0.3 is 15.2 Å². The molecule has 110 valence electrons. The highest BCUT2D eigenvalue weighted by Crippen LogP contribution is 2.34. The normalized spacial score (nSPS) is 15.4. The van der Waals surface area contributed by atoms with Crippen LogP contribution in [0.5, 0.6) is 5.75 Å². The molecule has 2 rings (SSSR count). The molecule has 1 aromatic carbocycles. The van der Waals surface area contributed by atoms with Crippen molar-refractivity contribution in [2.45, 2.75) is 39.2 Å². The predicted molar refractivity (Wildman–Crippen MR) is 77.6 cm³/mol. The zero-order valence-electron chi connectivity index (χ0n) is 12.4. The molecular weight excluding hydrogens is 254 g/mol.